The second-order valence-corrected chi connectivity index (χ2v) is 5.57. The first-order valence-electron chi connectivity index (χ1n) is 7.69. The molecule has 0 aromatic heterocycles. The van der Waals surface area contributed by atoms with Crippen molar-refractivity contribution in [2.45, 2.75) is 38.3 Å². The van der Waals surface area contributed by atoms with Gasteiger partial charge in [-0.3, -0.25) is 0 Å². The van der Waals surface area contributed by atoms with Crippen molar-refractivity contribution in [3.63, 3.8) is 0 Å². The molecule has 0 saturated heterocycles. The predicted molar refractivity (Wildman–Crippen MR) is 87.4 cm³/mol. The smallest absolute Gasteiger partial charge is 0.124 e. The Balaban J connectivity index is 1.82. The molecule has 1 saturated carbocycles. The molecule has 1 fully saturated rings. The van der Waals surface area contributed by atoms with Gasteiger partial charge in [0.05, 0.1) is 6.61 Å². The molecule has 0 amide bonds. The predicted octanol–water partition coefficient (Wildman–Crippen LogP) is 3.88. The van der Waals surface area contributed by atoms with Crippen LogP contribution in [0, 0.1) is 12.3 Å². The van der Waals surface area contributed by atoms with E-state index in [0.717, 1.165) is 25.1 Å². The van der Waals surface area contributed by atoms with E-state index in [0.29, 0.717) is 12.6 Å². The molecule has 1 aliphatic carbocycles. The summed E-state index contributed by atoms with van der Waals surface area (Å²) in [6, 6.07) is 13.4. The average molecular weight is 279 g/mol. The minimum absolute atomic E-state index is 0.680. The molecule has 1 aliphatic rings. The van der Waals surface area contributed by atoms with E-state index >= 15 is 0 Å². The van der Waals surface area contributed by atoms with Gasteiger partial charge in [-0.15, -0.1) is 12.3 Å². The summed E-state index contributed by atoms with van der Waals surface area (Å²) in [6.45, 7) is 1.55. The van der Waals surface area contributed by atoms with Gasteiger partial charge in [0, 0.05) is 24.6 Å². The van der Waals surface area contributed by atoms with Crippen molar-refractivity contribution >= 4 is 10.8 Å². The lowest BCUT2D eigenvalue weighted by Crippen LogP contribution is -2.16. The topological polar surface area (TPSA) is 21.3 Å². The summed E-state index contributed by atoms with van der Waals surface area (Å²) in [5.41, 5.74) is 1.26. The quantitative estimate of drug-likeness (QED) is 0.613. The highest BCUT2D eigenvalue weighted by atomic mass is 16.5. The fourth-order valence-electron chi connectivity index (χ4n) is 2.52. The molecule has 0 bridgehead atoms. The molecule has 2 aromatic carbocycles. The van der Waals surface area contributed by atoms with Crippen LogP contribution in [-0.4, -0.2) is 12.6 Å². The van der Waals surface area contributed by atoms with Gasteiger partial charge in [0.15, 0.2) is 0 Å². The van der Waals surface area contributed by atoms with E-state index in [9.17, 15) is 0 Å². The van der Waals surface area contributed by atoms with Gasteiger partial charge in [0.25, 0.3) is 0 Å². The van der Waals surface area contributed by atoms with Crippen LogP contribution < -0.4 is 10.1 Å². The maximum atomic E-state index is 5.96. The lowest BCUT2D eigenvalue weighted by molar-refractivity contribution is 0.309. The fraction of sp³-hybridized carbons (Fsp3) is 0.368. The molecule has 1 N–H and O–H groups in total. The Morgan fingerprint density at radius 1 is 1.19 bits per heavy atom. The first-order valence-corrected chi connectivity index (χ1v) is 7.69. The van der Waals surface area contributed by atoms with Crippen molar-refractivity contribution in [1.82, 2.24) is 5.32 Å². The van der Waals surface area contributed by atoms with Gasteiger partial charge < -0.3 is 10.1 Å². The molecule has 21 heavy (non-hydrogen) atoms. The molecule has 0 atom stereocenters. The van der Waals surface area contributed by atoms with Gasteiger partial charge in [-0.2, -0.15) is 0 Å². The van der Waals surface area contributed by atoms with E-state index in [2.05, 4.69) is 47.6 Å². The highest BCUT2D eigenvalue weighted by Crippen LogP contribution is 2.29. The van der Waals surface area contributed by atoms with Gasteiger partial charge in [-0.25, -0.2) is 0 Å². The first-order chi connectivity index (χ1) is 10.4. The summed E-state index contributed by atoms with van der Waals surface area (Å²) < 4.78 is 5.96. The molecule has 2 aromatic rings. The molecular formula is C19H21NO. The lowest BCUT2D eigenvalue weighted by Gasteiger charge is -2.14. The minimum atomic E-state index is 0.680. The highest BCUT2D eigenvalue weighted by Gasteiger charge is 2.21. The number of ether oxygens (including phenoxy) is 1. The van der Waals surface area contributed by atoms with Crippen molar-refractivity contribution in [3.05, 3.63) is 42.0 Å². The monoisotopic (exact) mass is 279 g/mol. The molecule has 3 rings (SSSR count). The van der Waals surface area contributed by atoms with Crippen LogP contribution in [0.15, 0.2) is 36.4 Å². The van der Waals surface area contributed by atoms with Gasteiger partial charge in [0.1, 0.15) is 5.75 Å². The Kier molecular flexibility index (Phi) is 4.43. The number of hydrogen-bond donors (Lipinski definition) is 1. The summed E-state index contributed by atoms with van der Waals surface area (Å²) in [6.07, 6.45) is 9.54. The molecule has 0 spiro atoms. The van der Waals surface area contributed by atoms with Crippen molar-refractivity contribution < 1.29 is 4.74 Å². The fourth-order valence-corrected chi connectivity index (χ4v) is 2.52. The standard InChI is InChI=1S/C19H21NO/c1-2-3-6-13-21-19-12-9-15-7-4-5-8-17(15)18(19)14-20-16-10-11-16/h1,4-5,7-9,12,16,20H,3,6,10-11,13-14H2. The number of benzene rings is 2. The van der Waals surface area contributed by atoms with Gasteiger partial charge in [-0.1, -0.05) is 30.3 Å². The van der Waals surface area contributed by atoms with Crippen LogP contribution in [0.3, 0.4) is 0 Å². The third kappa shape index (κ3) is 3.56. The Bertz CT molecular complexity index is 652. The lowest BCUT2D eigenvalue weighted by atomic mass is 10.0. The third-order valence-electron chi connectivity index (χ3n) is 3.87. The second-order valence-electron chi connectivity index (χ2n) is 5.57. The number of unbranched alkanes of at least 4 members (excludes halogenated alkanes) is 1. The molecule has 0 aliphatic heterocycles. The number of nitrogens with one attached hydrogen (secondary N) is 1. The summed E-state index contributed by atoms with van der Waals surface area (Å²) >= 11 is 0. The Morgan fingerprint density at radius 2 is 2.05 bits per heavy atom. The van der Waals surface area contributed by atoms with Gasteiger partial charge in [0.2, 0.25) is 0 Å². The van der Waals surface area contributed by atoms with E-state index < -0.39 is 0 Å². The zero-order valence-electron chi connectivity index (χ0n) is 12.3. The maximum Gasteiger partial charge on any atom is 0.124 e. The summed E-state index contributed by atoms with van der Waals surface area (Å²) in [7, 11) is 0. The van der Waals surface area contributed by atoms with Gasteiger partial charge >= 0.3 is 0 Å². The van der Waals surface area contributed by atoms with Crippen LogP contribution in [-0.2, 0) is 6.54 Å². The molecule has 0 radical (unpaired) electrons. The van der Waals surface area contributed by atoms with E-state index in [1.165, 1.54) is 29.2 Å². The SMILES string of the molecule is C#CCCCOc1ccc2ccccc2c1CNC1CC1. The van der Waals surface area contributed by atoms with E-state index in [-0.39, 0.29) is 0 Å². The summed E-state index contributed by atoms with van der Waals surface area (Å²) in [5.74, 6) is 3.64. The maximum absolute atomic E-state index is 5.96. The summed E-state index contributed by atoms with van der Waals surface area (Å²) in [4.78, 5) is 0. The Labute approximate surface area is 126 Å². The van der Waals surface area contributed by atoms with E-state index in [1.54, 1.807) is 0 Å². The number of fused-ring (bicyclic) bond motifs is 1. The highest BCUT2D eigenvalue weighted by molar-refractivity contribution is 5.87. The normalized spacial score (nSPS) is 14.0. The third-order valence-corrected chi connectivity index (χ3v) is 3.87. The Morgan fingerprint density at radius 3 is 2.86 bits per heavy atom. The number of terminal acetylenes is 1. The average Bonchev–Trinajstić information content (AvgIpc) is 3.34. The zero-order valence-corrected chi connectivity index (χ0v) is 12.3. The number of rotatable bonds is 7. The van der Waals surface area contributed by atoms with Crippen LogP contribution in [0.5, 0.6) is 5.75 Å². The van der Waals surface area contributed by atoms with Crippen LogP contribution >= 0.6 is 0 Å². The molecular weight excluding hydrogens is 258 g/mol. The van der Waals surface area contributed by atoms with Crippen LogP contribution in [0.1, 0.15) is 31.2 Å². The molecule has 0 unspecified atom stereocenters. The van der Waals surface area contributed by atoms with Crippen LogP contribution in [0.2, 0.25) is 0 Å². The van der Waals surface area contributed by atoms with E-state index in [4.69, 9.17) is 11.2 Å². The van der Waals surface area contributed by atoms with Crippen molar-refractivity contribution in [2.75, 3.05) is 6.61 Å². The number of hydrogen-bond acceptors (Lipinski definition) is 2. The van der Waals surface area contributed by atoms with Crippen LogP contribution in [0.25, 0.3) is 10.8 Å². The minimum Gasteiger partial charge on any atom is -0.493 e. The molecule has 2 heteroatoms. The Hall–Kier alpha value is -1.98. The van der Waals surface area contributed by atoms with E-state index in [1.807, 2.05) is 0 Å². The molecule has 2 nitrogen and oxygen atoms in total. The summed E-state index contributed by atoms with van der Waals surface area (Å²) in [5, 5.41) is 6.14. The van der Waals surface area contributed by atoms with Crippen molar-refractivity contribution in [3.8, 4) is 18.1 Å². The molecule has 108 valence electrons. The van der Waals surface area contributed by atoms with Crippen molar-refractivity contribution in [2.24, 2.45) is 0 Å². The largest absolute Gasteiger partial charge is 0.493 e. The van der Waals surface area contributed by atoms with Crippen molar-refractivity contribution in [1.29, 1.82) is 0 Å². The zero-order chi connectivity index (χ0) is 14.5. The first kappa shape index (κ1) is 14.0. The van der Waals surface area contributed by atoms with Crippen LogP contribution in [0.4, 0.5) is 0 Å². The molecule has 0 heterocycles. The second kappa shape index (κ2) is 6.65. The van der Waals surface area contributed by atoms with Gasteiger partial charge in [-0.05, 0) is 36.1 Å².